The van der Waals surface area contributed by atoms with E-state index in [4.69, 9.17) is 0 Å². The second kappa shape index (κ2) is 8.60. The van der Waals surface area contributed by atoms with Gasteiger partial charge in [0.15, 0.2) is 0 Å². The zero-order valence-corrected chi connectivity index (χ0v) is 14.6. The summed E-state index contributed by atoms with van der Waals surface area (Å²) in [6.07, 6.45) is 3.60. The molecular formula is C19H25N5O. The Balaban J connectivity index is 1.37. The van der Waals surface area contributed by atoms with Gasteiger partial charge in [-0.3, -0.25) is 14.6 Å². The van der Waals surface area contributed by atoms with E-state index in [2.05, 4.69) is 44.6 Å². The van der Waals surface area contributed by atoms with Crippen LogP contribution < -0.4 is 5.43 Å². The van der Waals surface area contributed by atoms with Gasteiger partial charge >= 0.3 is 0 Å². The number of nitrogens with one attached hydrogen (secondary N) is 1. The number of benzene rings is 1. The van der Waals surface area contributed by atoms with Crippen LogP contribution >= 0.6 is 0 Å². The lowest BCUT2D eigenvalue weighted by Crippen LogP contribution is -2.48. The molecule has 0 unspecified atom stereocenters. The third-order valence-electron chi connectivity index (χ3n) is 4.45. The molecule has 1 saturated heterocycles. The Morgan fingerprint density at radius 3 is 2.48 bits per heavy atom. The van der Waals surface area contributed by atoms with Crippen molar-refractivity contribution in [2.24, 2.45) is 12.1 Å². The number of amides is 1. The number of hydrogen-bond donors (Lipinski definition) is 1. The van der Waals surface area contributed by atoms with Gasteiger partial charge in [0.05, 0.1) is 18.5 Å². The van der Waals surface area contributed by atoms with Crippen LogP contribution in [-0.4, -0.2) is 59.2 Å². The fourth-order valence-electron chi connectivity index (χ4n) is 2.96. The molecule has 25 heavy (non-hydrogen) atoms. The second-order valence-corrected chi connectivity index (χ2v) is 6.38. The Morgan fingerprint density at radius 1 is 1.08 bits per heavy atom. The minimum absolute atomic E-state index is 0.0676. The summed E-state index contributed by atoms with van der Waals surface area (Å²) < 4.78 is 1.95. The molecule has 0 atom stereocenters. The summed E-state index contributed by atoms with van der Waals surface area (Å²) in [7, 11) is 1.94. The molecule has 1 fully saturated rings. The van der Waals surface area contributed by atoms with Crippen molar-refractivity contribution >= 4 is 12.1 Å². The van der Waals surface area contributed by atoms with Gasteiger partial charge in [-0.2, -0.15) is 5.10 Å². The van der Waals surface area contributed by atoms with Gasteiger partial charge in [0.1, 0.15) is 0 Å². The van der Waals surface area contributed by atoms with Crippen molar-refractivity contribution in [1.29, 1.82) is 0 Å². The molecule has 1 aliphatic heterocycles. The zero-order valence-electron chi connectivity index (χ0n) is 14.6. The number of carbonyl (C=O) groups is 1. The predicted molar refractivity (Wildman–Crippen MR) is 99.3 cm³/mol. The van der Waals surface area contributed by atoms with E-state index in [1.807, 2.05) is 36.0 Å². The maximum atomic E-state index is 12.0. The van der Waals surface area contributed by atoms with E-state index in [-0.39, 0.29) is 5.91 Å². The molecule has 1 aliphatic rings. The van der Waals surface area contributed by atoms with E-state index in [0.29, 0.717) is 6.54 Å². The average Bonchev–Trinajstić information content (AvgIpc) is 3.03. The third kappa shape index (κ3) is 5.27. The number of rotatable bonds is 6. The topological polar surface area (TPSA) is 52.9 Å². The van der Waals surface area contributed by atoms with Gasteiger partial charge in [-0.05, 0) is 17.7 Å². The third-order valence-corrected chi connectivity index (χ3v) is 4.45. The quantitative estimate of drug-likeness (QED) is 0.637. The second-order valence-electron chi connectivity index (χ2n) is 6.38. The summed E-state index contributed by atoms with van der Waals surface area (Å²) in [5.41, 5.74) is 4.90. The molecule has 2 aromatic rings. The van der Waals surface area contributed by atoms with Crippen molar-refractivity contribution in [3.05, 3.63) is 59.9 Å². The Kier molecular flexibility index (Phi) is 5.98. The molecular weight excluding hydrogens is 314 g/mol. The molecule has 0 radical (unpaired) electrons. The van der Waals surface area contributed by atoms with Crippen LogP contribution in [0.5, 0.6) is 0 Å². The molecule has 0 saturated carbocycles. The minimum atomic E-state index is -0.0676. The molecule has 6 heteroatoms. The lowest BCUT2D eigenvalue weighted by Gasteiger charge is -2.34. The molecule has 0 bridgehead atoms. The highest BCUT2D eigenvalue weighted by atomic mass is 16.2. The van der Waals surface area contributed by atoms with Gasteiger partial charge in [0, 0.05) is 46.0 Å². The van der Waals surface area contributed by atoms with E-state index in [1.54, 1.807) is 6.21 Å². The highest BCUT2D eigenvalue weighted by Gasteiger charge is 2.18. The van der Waals surface area contributed by atoms with Gasteiger partial charge in [0.25, 0.3) is 5.91 Å². The van der Waals surface area contributed by atoms with Crippen molar-refractivity contribution in [1.82, 2.24) is 19.8 Å². The molecule has 6 nitrogen and oxygen atoms in total. The molecule has 1 amide bonds. The molecule has 0 aliphatic carbocycles. The van der Waals surface area contributed by atoms with Crippen molar-refractivity contribution in [2.75, 3.05) is 32.7 Å². The van der Waals surface area contributed by atoms with Crippen LogP contribution in [0, 0.1) is 0 Å². The first-order valence-corrected chi connectivity index (χ1v) is 8.62. The Hall–Kier alpha value is -2.44. The van der Waals surface area contributed by atoms with Gasteiger partial charge in [-0.25, -0.2) is 5.43 Å². The molecule has 2 heterocycles. The normalized spacial score (nSPS) is 16.4. The van der Waals surface area contributed by atoms with Crippen molar-refractivity contribution < 1.29 is 4.79 Å². The number of hydrogen-bond acceptors (Lipinski definition) is 4. The summed E-state index contributed by atoms with van der Waals surface area (Å²) in [5, 5.41) is 4.03. The molecule has 132 valence electrons. The first-order valence-electron chi connectivity index (χ1n) is 8.62. The molecule has 1 aromatic carbocycles. The smallest absolute Gasteiger partial charge is 0.254 e. The van der Waals surface area contributed by atoms with Gasteiger partial charge in [-0.1, -0.05) is 30.3 Å². The first kappa shape index (κ1) is 17.4. The number of aromatic nitrogens is 1. The summed E-state index contributed by atoms with van der Waals surface area (Å²) in [6, 6.07) is 14.4. The fraction of sp³-hybridized carbons (Fsp3) is 0.368. The lowest BCUT2D eigenvalue weighted by atomic mass is 10.2. The first-order chi connectivity index (χ1) is 12.2. The molecule has 3 rings (SSSR count). The summed E-state index contributed by atoms with van der Waals surface area (Å²) in [4.78, 5) is 16.6. The summed E-state index contributed by atoms with van der Waals surface area (Å²) >= 11 is 0. The number of hydrazone groups is 1. The van der Waals surface area contributed by atoms with E-state index >= 15 is 0 Å². The van der Waals surface area contributed by atoms with E-state index in [9.17, 15) is 4.79 Å². The van der Waals surface area contributed by atoms with Gasteiger partial charge < -0.3 is 4.57 Å². The van der Waals surface area contributed by atoms with E-state index in [1.165, 1.54) is 5.56 Å². The van der Waals surface area contributed by atoms with Crippen LogP contribution in [0.2, 0.25) is 0 Å². The van der Waals surface area contributed by atoms with Gasteiger partial charge in [0.2, 0.25) is 0 Å². The predicted octanol–water partition coefficient (Wildman–Crippen LogP) is 1.29. The molecule has 1 N–H and O–H groups in total. The Bertz CT molecular complexity index is 702. The fourth-order valence-corrected chi connectivity index (χ4v) is 2.96. The SMILES string of the molecule is Cn1cccc1/C=N\NC(=O)CN1CCN(Cc2ccccc2)CC1. The van der Waals surface area contributed by atoms with Crippen LogP contribution in [0.15, 0.2) is 53.8 Å². The van der Waals surface area contributed by atoms with Crippen LogP contribution in [0.4, 0.5) is 0 Å². The molecule has 1 aromatic heterocycles. The van der Waals surface area contributed by atoms with Gasteiger partial charge in [-0.15, -0.1) is 0 Å². The maximum Gasteiger partial charge on any atom is 0.254 e. The highest BCUT2D eigenvalue weighted by molar-refractivity contribution is 5.82. The molecule has 0 spiro atoms. The Morgan fingerprint density at radius 2 is 1.80 bits per heavy atom. The van der Waals surface area contributed by atoms with Crippen LogP contribution in [0.3, 0.4) is 0 Å². The number of nitrogens with zero attached hydrogens (tertiary/aromatic N) is 4. The zero-order chi connectivity index (χ0) is 17.5. The van der Waals surface area contributed by atoms with E-state index < -0.39 is 0 Å². The van der Waals surface area contributed by atoms with Crippen LogP contribution in [0.25, 0.3) is 0 Å². The maximum absolute atomic E-state index is 12.0. The number of aryl methyl sites for hydroxylation is 1. The minimum Gasteiger partial charge on any atom is -0.350 e. The van der Waals surface area contributed by atoms with Crippen molar-refractivity contribution in [2.45, 2.75) is 6.54 Å². The van der Waals surface area contributed by atoms with Crippen LogP contribution in [-0.2, 0) is 18.4 Å². The summed E-state index contributed by atoms with van der Waals surface area (Å²) in [5.74, 6) is -0.0676. The van der Waals surface area contributed by atoms with Crippen LogP contribution in [0.1, 0.15) is 11.3 Å². The monoisotopic (exact) mass is 339 g/mol. The highest BCUT2D eigenvalue weighted by Crippen LogP contribution is 2.08. The number of carbonyl (C=O) groups excluding carboxylic acids is 1. The van der Waals surface area contributed by atoms with Crippen molar-refractivity contribution in [3.8, 4) is 0 Å². The number of piperazine rings is 1. The largest absolute Gasteiger partial charge is 0.350 e. The lowest BCUT2D eigenvalue weighted by molar-refractivity contribution is -0.122. The summed E-state index contributed by atoms with van der Waals surface area (Å²) in [6.45, 7) is 5.14. The Labute approximate surface area is 148 Å². The average molecular weight is 339 g/mol. The van der Waals surface area contributed by atoms with Crippen molar-refractivity contribution in [3.63, 3.8) is 0 Å². The standard InChI is InChI=1S/C19H25N5O/c1-22-9-5-8-18(22)14-20-21-19(25)16-24-12-10-23(11-13-24)15-17-6-3-2-4-7-17/h2-9,14H,10-13,15-16H2,1H3,(H,21,25)/b20-14-. The van der Waals surface area contributed by atoms with E-state index in [0.717, 1.165) is 38.4 Å².